The molecule has 3 aliphatic rings. The molecule has 7 rings (SSSR count). The standard InChI is InChI=1S/C36H35ClF2N6O3/c1-21(38)35(46)45-14-13-44(19-24(45)11-12-40)34-32-30(41-36(42-34)48-20-25-16-23(39)18-43(25)2)17-28(27-9-5-15-47-33(27)32)26-8-3-6-22-7-4-10-29(37)31(22)26/h3-4,6-8,10,17,23-25H,1,5,9,11,13-16,18-20H2,2H3/t23-,24+,25+/m1/s1. The molecule has 1 amide bonds. The van der Waals surface area contributed by atoms with E-state index in [0.29, 0.717) is 53.6 Å². The van der Waals surface area contributed by atoms with E-state index in [1.807, 2.05) is 53.2 Å². The number of anilines is 1. The Morgan fingerprint density at radius 1 is 1.15 bits per heavy atom. The van der Waals surface area contributed by atoms with Crippen LogP contribution in [0.1, 0.15) is 24.8 Å². The van der Waals surface area contributed by atoms with Crippen molar-refractivity contribution in [3.8, 4) is 29.0 Å². The number of amides is 1. The summed E-state index contributed by atoms with van der Waals surface area (Å²) in [6.45, 7) is 4.94. The van der Waals surface area contributed by atoms with Gasteiger partial charge < -0.3 is 19.3 Å². The number of piperazine rings is 1. The zero-order chi connectivity index (χ0) is 33.5. The van der Waals surface area contributed by atoms with E-state index >= 15 is 0 Å². The lowest BCUT2D eigenvalue weighted by atomic mass is 9.89. The molecule has 2 saturated heterocycles. The Morgan fingerprint density at radius 2 is 1.96 bits per heavy atom. The van der Waals surface area contributed by atoms with Gasteiger partial charge in [-0.3, -0.25) is 9.69 Å². The normalized spacial score (nSPS) is 21.2. The largest absolute Gasteiger partial charge is 0.492 e. The second kappa shape index (κ2) is 13.2. The zero-order valence-corrected chi connectivity index (χ0v) is 27.3. The number of hydrogen-bond donors (Lipinski definition) is 0. The highest BCUT2D eigenvalue weighted by molar-refractivity contribution is 6.36. The van der Waals surface area contributed by atoms with Crippen LogP contribution in [0.5, 0.6) is 11.8 Å². The van der Waals surface area contributed by atoms with E-state index in [1.165, 1.54) is 4.90 Å². The fourth-order valence-electron chi connectivity index (χ4n) is 7.28. The maximum Gasteiger partial charge on any atom is 0.319 e. The molecule has 9 nitrogen and oxygen atoms in total. The molecule has 0 radical (unpaired) electrons. The van der Waals surface area contributed by atoms with Crippen LogP contribution in [0.25, 0.3) is 32.8 Å². The molecular formula is C36H35ClF2N6O3. The van der Waals surface area contributed by atoms with E-state index in [2.05, 4.69) is 18.7 Å². The quantitative estimate of drug-likeness (QED) is 0.212. The van der Waals surface area contributed by atoms with Crippen molar-refractivity contribution in [3.05, 3.63) is 65.5 Å². The average molecular weight is 673 g/mol. The van der Waals surface area contributed by atoms with Gasteiger partial charge in [0, 0.05) is 48.2 Å². The number of aromatic nitrogens is 2. The molecule has 48 heavy (non-hydrogen) atoms. The molecule has 0 spiro atoms. The molecule has 1 aromatic heterocycles. The maximum atomic E-state index is 14.2. The first-order valence-corrected chi connectivity index (χ1v) is 16.5. The van der Waals surface area contributed by atoms with Crippen molar-refractivity contribution < 1.29 is 23.0 Å². The number of hydrogen-bond acceptors (Lipinski definition) is 8. The lowest BCUT2D eigenvalue weighted by molar-refractivity contribution is -0.131. The summed E-state index contributed by atoms with van der Waals surface area (Å²) in [6, 6.07) is 15.5. The number of nitrogens with zero attached hydrogens (tertiary/aromatic N) is 6. The maximum absolute atomic E-state index is 14.2. The third-order valence-corrected chi connectivity index (χ3v) is 9.93. The number of carbonyl (C=O) groups is 1. The van der Waals surface area contributed by atoms with Gasteiger partial charge in [-0.05, 0) is 55.0 Å². The Labute approximate surface area is 282 Å². The molecular weight excluding hydrogens is 638 g/mol. The van der Waals surface area contributed by atoms with Crippen LogP contribution >= 0.6 is 11.6 Å². The summed E-state index contributed by atoms with van der Waals surface area (Å²) in [4.78, 5) is 27.7. The summed E-state index contributed by atoms with van der Waals surface area (Å²) in [5.41, 5.74) is 3.50. The van der Waals surface area contributed by atoms with Crippen molar-refractivity contribution in [3.63, 3.8) is 0 Å². The molecule has 3 aliphatic heterocycles. The minimum Gasteiger partial charge on any atom is -0.492 e. The van der Waals surface area contributed by atoms with Gasteiger partial charge in [-0.25, -0.2) is 8.78 Å². The van der Waals surface area contributed by atoms with E-state index in [4.69, 9.17) is 31.0 Å². The smallest absolute Gasteiger partial charge is 0.319 e. The predicted octanol–water partition coefficient (Wildman–Crippen LogP) is 6.26. The van der Waals surface area contributed by atoms with E-state index in [9.17, 15) is 18.8 Å². The van der Waals surface area contributed by atoms with Crippen molar-refractivity contribution in [2.75, 3.05) is 51.3 Å². The third-order valence-electron chi connectivity index (χ3n) is 9.61. The molecule has 0 aliphatic carbocycles. The summed E-state index contributed by atoms with van der Waals surface area (Å²) in [6.07, 6.45) is 1.02. The number of nitriles is 1. The van der Waals surface area contributed by atoms with Crippen LogP contribution in [0.3, 0.4) is 0 Å². The van der Waals surface area contributed by atoms with Crippen LogP contribution in [-0.2, 0) is 11.2 Å². The highest BCUT2D eigenvalue weighted by atomic mass is 35.5. The Bertz CT molecular complexity index is 1960. The Morgan fingerprint density at radius 3 is 2.71 bits per heavy atom. The van der Waals surface area contributed by atoms with Gasteiger partial charge >= 0.3 is 6.01 Å². The molecule has 0 N–H and O–H groups in total. The fraction of sp³-hybridized carbons (Fsp3) is 0.389. The minimum atomic E-state index is -1.06. The SMILES string of the molecule is C=C(F)C(=O)N1CCN(c2nc(OC[C@@H]3C[C@@H](F)CN3C)nc3cc(-c4cccc5cccc(Cl)c45)c4c(c23)OCCC4)C[C@@H]1CC#N. The first kappa shape index (κ1) is 32.0. The van der Waals surface area contributed by atoms with Gasteiger partial charge in [0.1, 0.15) is 24.3 Å². The summed E-state index contributed by atoms with van der Waals surface area (Å²) in [7, 11) is 1.87. The first-order valence-electron chi connectivity index (χ1n) is 16.2. The zero-order valence-electron chi connectivity index (χ0n) is 26.6. The summed E-state index contributed by atoms with van der Waals surface area (Å²) in [5, 5.41) is 12.9. The Balaban J connectivity index is 1.39. The van der Waals surface area contributed by atoms with Gasteiger partial charge in [0.15, 0.2) is 5.83 Å². The topological polar surface area (TPSA) is 94.8 Å². The predicted molar refractivity (Wildman–Crippen MR) is 181 cm³/mol. The van der Waals surface area contributed by atoms with E-state index in [0.717, 1.165) is 40.3 Å². The third kappa shape index (κ3) is 5.88. The van der Waals surface area contributed by atoms with Gasteiger partial charge in [-0.15, -0.1) is 0 Å². The van der Waals surface area contributed by atoms with Gasteiger partial charge in [0.25, 0.3) is 5.91 Å². The molecule has 2 fully saturated rings. The van der Waals surface area contributed by atoms with Crippen LogP contribution in [0.2, 0.25) is 5.02 Å². The summed E-state index contributed by atoms with van der Waals surface area (Å²) in [5.74, 6) is -0.682. The monoisotopic (exact) mass is 672 g/mol. The number of benzene rings is 3. The van der Waals surface area contributed by atoms with Gasteiger partial charge in [0.05, 0.1) is 36.0 Å². The lowest BCUT2D eigenvalue weighted by Gasteiger charge is -2.41. The molecule has 0 saturated carbocycles. The van der Waals surface area contributed by atoms with Crippen molar-refractivity contribution in [1.29, 1.82) is 5.26 Å². The van der Waals surface area contributed by atoms with Crippen LogP contribution < -0.4 is 14.4 Å². The number of ether oxygens (including phenoxy) is 2. The minimum absolute atomic E-state index is 0.000894. The van der Waals surface area contributed by atoms with Crippen molar-refractivity contribution in [2.24, 2.45) is 0 Å². The number of likely N-dealkylation sites (N-methyl/N-ethyl adjacent to an activating group) is 1. The summed E-state index contributed by atoms with van der Waals surface area (Å²) >= 11 is 6.79. The van der Waals surface area contributed by atoms with Gasteiger partial charge in [-0.2, -0.15) is 15.2 Å². The number of fused-ring (bicyclic) bond motifs is 4. The molecule has 3 aromatic carbocycles. The fourth-order valence-corrected chi connectivity index (χ4v) is 7.56. The van der Waals surface area contributed by atoms with Crippen LogP contribution in [-0.4, -0.2) is 90.4 Å². The molecule has 3 atom stereocenters. The van der Waals surface area contributed by atoms with Crippen LogP contribution in [0.15, 0.2) is 54.9 Å². The molecule has 0 bridgehead atoms. The number of carbonyl (C=O) groups excluding carboxylic acids is 1. The summed E-state index contributed by atoms with van der Waals surface area (Å²) < 4.78 is 40.8. The Kier molecular flexibility index (Phi) is 8.79. The highest BCUT2D eigenvalue weighted by Gasteiger charge is 2.35. The van der Waals surface area contributed by atoms with Crippen molar-refractivity contribution in [2.45, 2.75) is 43.9 Å². The molecule has 0 unspecified atom stereocenters. The number of halogens is 3. The molecule has 4 heterocycles. The second-order valence-corrected chi connectivity index (χ2v) is 13.1. The number of alkyl halides is 1. The van der Waals surface area contributed by atoms with Crippen LogP contribution in [0.4, 0.5) is 14.6 Å². The van der Waals surface area contributed by atoms with Crippen molar-refractivity contribution in [1.82, 2.24) is 19.8 Å². The first-order chi connectivity index (χ1) is 23.2. The molecule has 248 valence electrons. The Hall–Kier alpha value is -4.53. The number of likely N-dealkylation sites (tertiary alicyclic amines) is 1. The van der Waals surface area contributed by atoms with E-state index < -0.39 is 23.9 Å². The van der Waals surface area contributed by atoms with Gasteiger partial charge in [-0.1, -0.05) is 48.5 Å². The average Bonchev–Trinajstić information content (AvgIpc) is 3.42. The highest BCUT2D eigenvalue weighted by Crippen LogP contribution is 2.46. The molecule has 4 aromatic rings. The molecule has 12 heteroatoms. The van der Waals surface area contributed by atoms with Crippen molar-refractivity contribution >= 4 is 45.0 Å². The number of rotatable bonds is 7. The van der Waals surface area contributed by atoms with E-state index in [-0.39, 0.29) is 38.2 Å². The van der Waals surface area contributed by atoms with Gasteiger partial charge in [0.2, 0.25) is 0 Å². The van der Waals surface area contributed by atoms with Crippen LogP contribution in [0, 0.1) is 11.3 Å². The lowest BCUT2D eigenvalue weighted by Crippen LogP contribution is -2.55. The second-order valence-electron chi connectivity index (χ2n) is 12.7. The van der Waals surface area contributed by atoms with E-state index in [1.54, 1.807) is 0 Å².